The number of carbonyl (C=O) groups is 1. The fourth-order valence-corrected chi connectivity index (χ4v) is 2.49. The van der Waals surface area contributed by atoms with Crippen molar-refractivity contribution in [2.75, 3.05) is 26.1 Å². The van der Waals surface area contributed by atoms with Gasteiger partial charge in [0.2, 0.25) is 0 Å². The topological polar surface area (TPSA) is 56.8 Å². The van der Waals surface area contributed by atoms with Crippen LogP contribution in [0.25, 0.3) is 0 Å². The zero-order chi connectivity index (χ0) is 17.7. The summed E-state index contributed by atoms with van der Waals surface area (Å²) in [5.41, 5.74) is 2.58. The molecule has 2 aromatic carbocycles. The first-order valence-corrected chi connectivity index (χ1v) is 7.73. The van der Waals surface area contributed by atoms with E-state index in [-0.39, 0.29) is 12.5 Å². The molecule has 24 heavy (non-hydrogen) atoms. The second-order valence-corrected chi connectivity index (χ2v) is 5.70. The van der Waals surface area contributed by atoms with Crippen LogP contribution in [0.2, 0.25) is 5.02 Å². The second kappa shape index (κ2) is 7.93. The Morgan fingerprint density at radius 1 is 1.04 bits per heavy atom. The van der Waals surface area contributed by atoms with Crippen molar-refractivity contribution in [3.63, 3.8) is 0 Å². The average molecular weight is 350 g/mol. The van der Waals surface area contributed by atoms with Gasteiger partial charge in [0, 0.05) is 6.07 Å². The quantitative estimate of drug-likeness (QED) is 0.856. The number of ether oxygens (including phenoxy) is 3. The van der Waals surface area contributed by atoms with Gasteiger partial charge in [0.15, 0.2) is 6.61 Å². The number of hydrogen-bond acceptors (Lipinski definition) is 4. The number of amides is 1. The third-order valence-corrected chi connectivity index (χ3v) is 3.73. The Morgan fingerprint density at radius 3 is 2.38 bits per heavy atom. The van der Waals surface area contributed by atoms with E-state index in [2.05, 4.69) is 5.32 Å². The Hall–Kier alpha value is -2.40. The summed E-state index contributed by atoms with van der Waals surface area (Å²) in [6.07, 6.45) is 0. The highest BCUT2D eigenvalue weighted by molar-refractivity contribution is 6.32. The number of anilines is 1. The third-order valence-electron chi connectivity index (χ3n) is 3.44. The fraction of sp³-hybridized carbons (Fsp3) is 0.278. The van der Waals surface area contributed by atoms with Gasteiger partial charge >= 0.3 is 0 Å². The summed E-state index contributed by atoms with van der Waals surface area (Å²) >= 11 is 6.09. The van der Waals surface area contributed by atoms with Gasteiger partial charge in [-0.1, -0.05) is 29.3 Å². The minimum Gasteiger partial charge on any atom is -0.495 e. The van der Waals surface area contributed by atoms with E-state index in [1.54, 1.807) is 12.1 Å². The highest BCUT2D eigenvalue weighted by atomic mass is 35.5. The van der Waals surface area contributed by atoms with Crippen molar-refractivity contribution < 1.29 is 19.0 Å². The molecule has 0 saturated carbocycles. The van der Waals surface area contributed by atoms with E-state index in [0.29, 0.717) is 28.0 Å². The van der Waals surface area contributed by atoms with E-state index in [0.717, 1.165) is 11.1 Å². The maximum Gasteiger partial charge on any atom is 0.262 e. The first-order chi connectivity index (χ1) is 11.4. The summed E-state index contributed by atoms with van der Waals surface area (Å²) in [6, 6.07) is 8.98. The summed E-state index contributed by atoms with van der Waals surface area (Å²) in [5.74, 6) is 1.29. The summed E-state index contributed by atoms with van der Waals surface area (Å²) in [7, 11) is 3.02. The maximum absolute atomic E-state index is 12.1. The Balaban J connectivity index is 2.05. The van der Waals surface area contributed by atoms with Gasteiger partial charge in [0.05, 0.1) is 24.9 Å². The van der Waals surface area contributed by atoms with Crippen LogP contribution in [0, 0.1) is 13.8 Å². The molecule has 0 atom stereocenters. The van der Waals surface area contributed by atoms with E-state index in [4.69, 9.17) is 25.8 Å². The standard InChI is InChI=1S/C18H20ClNO4/c1-11-5-6-15(12(2)7-11)24-10-18(21)20-14-8-13(19)16(22-3)9-17(14)23-4/h5-9H,10H2,1-4H3,(H,20,21). The van der Waals surface area contributed by atoms with Gasteiger partial charge in [0.1, 0.15) is 17.2 Å². The largest absolute Gasteiger partial charge is 0.495 e. The lowest BCUT2D eigenvalue weighted by Crippen LogP contribution is -2.20. The monoisotopic (exact) mass is 349 g/mol. The molecule has 0 aliphatic rings. The van der Waals surface area contributed by atoms with Crippen molar-refractivity contribution in [2.45, 2.75) is 13.8 Å². The van der Waals surface area contributed by atoms with Crippen molar-refractivity contribution in [1.29, 1.82) is 0 Å². The van der Waals surface area contributed by atoms with Crippen LogP contribution in [0.4, 0.5) is 5.69 Å². The highest BCUT2D eigenvalue weighted by Gasteiger charge is 2.13. The number of nitrogens with one attached hydrogen (secondary N) is 1. The van der Waals surface area contributed by atoms with Crippen molar-refractivity contribution in [3.8, 4) is 17.2 Å². The van der Waals surface area contributed by atoms with Crippen molar-refractivity contribution >= 4 is 23.2 Å². The van der Waals surface area contributed by atoms with Crippen LogP contribution < -0.4 is 19.5 Å². The predicted octanol–water partition coefficient (Wildman–Crippen LogP) is 3.99. The van der Waals surface area contributed by atoms with Crippen LogP contribution in [-0.2, 0) is 4.79 Å². The Labute approximate surface area is 146 Å². The van der Waals surface area contributed by atoms with E-state index in [9.17, 15) is 4.79 Å². The summed E-state index contributed by atoms with van der Waals surface area (Å²) < 4.78 is 15.9. The predicted molar refractivity (Wildman–Crippen MR) is 94.6 cm³/mol. The molecule has 0 bridgehead atoms. The zero-order valence-corrected chi connectivity index (χ0v) is 14.9. The number of aryl methyl sites for hydroxylation is 2. The maximum atomic E-state index is 12.1. The summed E-state index contributed by atoms with van der Waals surface area (Å²) in [5, 5.41) is 3.10. The smallest absolute Gasteiger partial charge is 0.262 e. The van der Waals surface area contributed by atoms with Crippen molar-refractivity contribution in [2.24, 2.45) is 0 Å². The van der Waals surface area contributed by atoms with Crippen LogP contribution in [0.3, 0.4) is 0 Å². The number of carbonyl (C=O) groups excluding carboxylic acids is 1. The molecule has 128 valence electrons. The second-order valence-electron chi connectivity index (χ2n) is 5.29. The van der Waals surface area contributed by atoms with Crippen LogP contribution in [-0.4, -0.2) is 26.7 Å². The van der Waals surface area contributed by atoms with E-state index >= 15 is 0 Å². The molecule has 2 aromatic rings. The highest BCUT2D eigenvalue weighted by Crippen LogP contribution is 2.35. The molecule has 1 amide bonds. The number of halogens is 1. The number of benzene rings is 2. The molecule has 0 aliphatic heterocycles. The molecule has 0 fully saturated rings. The van der Waals surface area contributed by atoms with E-state index in [1.165, 1.54) is 14.2 Å². The first-order valence-electron chi connectivity index (χ1n) is 7.36. The SMILES string of the molecule is COc1cc(OC)c(NC(=O)COc2ccc(C)cc2C)cc1Cl. The minimum absolute atomic E-state index is 0.114. The molecule has 0 radical (unpaired) electrons. The molecule has 6 heteroatoms. The fourth-order valence-electron chi connectivity index (χ4n) is 2.25. The van der Waals surface area contributed by atoms with Crippen molar-refractivity contribution in [1.82, 2.24) is 0 Å². The summed E-state index contributed by atoms with van der Waals surface area (Å²) in [6.45, 7) is 3.83. The van der Waals surface area contributed by atoms with Gasteiger partial charge in [-0.05, 0) is 31.5 Å². The van der Waals surface area contributed by atoms with Gasteiger partial charge in [-0.3, -0.25) is 4.79 Å². The van der Waals surface area contributed by atoms with Crippen molar-refractivity contribution in [3.05, 3.63) is 46.5 Å². The molecule has 0 unspecified atom stereocenters. The van der Waals surface area contributed by atoms with Gasteiger partial charge < -0.3 is 19.5 Å². The molecule has 0 aliphatic carbocycles. The number of hydrogen-bond donors (Lipinski definition) is 1. The van der Waals surface area contributed by atoms with Gasteiger partial charge in [-0.15, -0.1) is 0 Å². The van der Waals surface area contributed by atoms with Crippen LogP contribution in [0.5, 0.6) is 17.2 Å². The lowest BCUT2D eigenvalue weighted by molar-refractivity contribution is -0.118. The number of rotatable bonds is 6. The van der Waals surface area contributed by atoms with Gasteiger partial charge in [-0.25, -0.2) is 0 Å². The molecule has 1 N–H and O–H groups in total. The normalized spacial score (nSPS) is 10.2. The molecule has 0 spiro atoms. The zero-order valence-electron chi connectivity index (χ0n) is 14.1. The van der Waals surface area contributed by atoms with Crippen LogP contribution in [0.15, 0.2) is 30.3 Å². The average Bonchev–Trinajstić information content (AvgIpc) is 2.54. The first kappa shape index (κ1) is 17.9. The molecule has 2 rings (SSSR count). The van der Waals surface area contributed by atoms with E-state index in [1.807, 2.05) is 32.0 Å². The molecular formula is C18H20ClNO4. The Bertz CT molecular complexity index is 746. The van der Waals surface area contributed by atoms with Crippen LogP contribution >= 0.6 is 11.6 Å². The molecule has 0 aromatic heterocycles. The third kappa shape index (κ3) is 4.32. The molecule has 0 heterocycles. The molecular weight excluding hydrogens is 330 g/mol. The Kier molecular flexibility index (Phi) is 5.93. The van der Waals surface area contributed by atoms with Gasteiger partial charge in [0.25, 0.3) is 5.91 Å². The molecule has 5 nitrogen and oxygen atoms in total. The van der Waals surface area contributed by atoms with E-state index < -0.39 is 0 Å². The minimum atomic E-state index is -0.311. The lowest BCUT2D eigenvalue weighted by atomic mass is 10.1. The number of methoxy groups -OCH3 is 2. The van der Waals surface area contributed by atoms with Crippen LogP contribution in [0.1, 0.15) is 11.1 Å². The Morgan fingerprint density at radius 2 is 1.75 bits per heavy atom. The van der Waals surface area contributed by atoms with Gasteiger partial charge in [-0.2, -0.15) is 0 Å². The molecule has 0 saturated heterocycles. The lowest BCUT2D eigenvalue weighted by Gasteiger charge is -2.14. The summed E-state index contributed by atoms with van der Waals surface area (Å²) in [4.78, 5) is 12.1.